The Hall–Kier alpha value is -1.08. The van der Waals surface area contributed by atoms with Crippen LogP contribution >= 0.6 is 0 Å². The Balaban J connectivity index is 2.60. The summed E-state index contributed by atoms with van der Waals surface area (Å²) in [5, 5.41) is 6.55. The molecule has 0 saturated heterocycles. The number of hydrogen-bond acceptors (Lipinski definition) is 4. The first-order chi connectivity index (χ1) is 7.07. The van der Waals surface area contributed by atoms with Crippen molar-refractivity contribution >= 4 is 15.8 Å². The van der Waals surface area contributed by atoms with Crippen LogP contribution in [-0.2, 0) is 21.2 Å². The molecule has 1 rings (SSSR count). The van der Waals surface area contributed by atoms with E-state index in [0.29, 0.717) is 5.82 Å². The molecule has 2 N–H and O–H groups in total. The van der Waals surface area contributed by atoms with Gasteiger partial charge in [0.05, 0.1) is 12.4 Å². The standard InChI is InChI=1S/C8H15N3O3S/c1-3-7-6-8(10-9-7)11-15(12,13)5-4-14-2/h6H,3-5H2,1-2H3,(H2,9,10,11). The Kier molecular flexibility index (Phi) is 4.10. The van der Waals surface area contributed by atoms with E-state index in [9.17, 15) is 8.42 Å². The number of ether oxygens (including phenoxy) is 1. The summed E-state index contributed by atoms with van der Waals surface area (Å²) in [5.41, 5.74) is 0.888. The first-order valence-electron chi connectivity index (χ1n) is 4.61. The zero-order chi connectivity index (χ0) is 11.3. The van der Waals surface area contributed by atoms with E-state index < -0.39 is 10.0 Å². The number of anilines is 1. The molecule has 15 heavy (non-hydrogen) atoms. The lowest BCUT2D eigenvalue weighted by Gasteiger charge is -2.03. The SMILES string of the molecule is CCc1cc(NS(=O)(=O)CCOC)n[nH]1. The van der Waals surface area contributed by atoms with Crippen molar-refractivity contribution < 1.29 is 13.2 Å². The van der Waals surface area contributed by atoms with Crippen molar-refractivity contribution in [3.05, 3.63) is 11.8 Å². The largest absolute Gasteiger partial charge is 0.384 e. The van der Waals surface area contributed by atoms with Crippen LogP contribution in [0.15, 0.2) is 6.07 Å². The lowest BCUT2D eigenvalue weighted by molar-refractivity contribution is 0.217. The van der Waals surface area contributed by atoms with E-state index in [-0.39, 0.29) is 12.4 Å². The molecule has 1 aromatic heterocycles. The molecule has 0 saturated carbocycles. The van der Waals surface area contributed by atoms with Gasteiger partial charge in [-0.15, -0.1) is 0 Å². The zero-order valence-electron chi connectivity index (χ0n) is 8.78. The van der Waals surface area contributed by atoms with Crippen molar-refractivity contribution in [1.29, 1.82) is 0 Å². The summed E-state index contributed by atoms with van der Waals surface area (Å²) in [4.78, 5) is 0. The van der Waals surface area contributed by atoms with Crippen LogP contribution in [0.4, 0.5) is 5.82 Å². The Morgan fingerprint density at radius 3 is 2.87 bits per heavy atom. The lowest BCUT2D eigenvalue weighted by Crippen LogP contribution is -2.19. The van der Waals surface area contributed by atoms with Gasteiger partial charge in [0.2, 0.25) is 10.0 Å². The van der Waals surface area contributed by atoms with Crippen molar-refractivity contribution in [2.45, 2.75) is 13.3 Å². The van der Waals surface area contributed by atoms with Gasteiger partial charge in [-0.2, -0.15) is 5.10 Å². The minimum Gasteiger partial charge on any atom is -0.384 e. The molecule has 0 amide bonds. The molecule has 86 valence electrons. The van der Waals surface area contributed by atoms with Gasteiger partial charge in [-0.3, -0.25) is 9.82 Å². The minimum atomic E-state index is -3.35. The van der Waals surface area contributed by atoms with E-state index in [0.717, 1.165) is 12.1 Å². The number of aryl methyl sites for hydroxylation is 1. The van der Waals surface area contributed by atoms with E-state index >= 15 is 0 Å². The highest BCUT2D eigenvalue weighted by atomic mass is 32.2. The van der Waals surface area contributed by atoms with Gasteiger partial charge in [-0.1, -0.05) is 6.92 Å². The molecular weight excluding hydrogens is 218 g/mol. The summed E-state index contributed by atoms with van der Waals surface area (Å²) >= 11 is 0. The third-order valence-corrected chi connectivity index (χ3v) is 3.05. The van der Waals surface area contributed by atoms with Crippen LogP contribution in [0.1, 0.15) is 12.6 Å². The number of nitrogens with zero attached hydrogens (tertiary/aromatic N) is 1. The molecule has 0 aromatic carbocycles. The Labute approximate surface area is 89.1 Å². The van der Waals surface area contributed by atoms with E-state index in [1.54, 1.807) is 6.07 Å². The molecule has 1 heterocycles. The fourth-order valence-electron chi connectivity index (χ4n) is 0.998. The van der Waals surface area contributed by atoms with E-state index in [1.807, 2.05) is 6.92 Å². The number of sulfonamides is 1. The average Bonchev–Trinajstić information content (AvgIpc) is 2.62. The topological polar surface area (TPSA) is 84.1 Å². The number of rotatable bonds is 6. The summed E-state index contributed by atoms with van der Waals surface area (Å²) in [7, 11) is -1.89. The first kappa shape index (κ1) is 12.0. The predicted molar refractivity (Wildman–Crippen MR) is 57.3 cm³/mol. The molecule has 0 aliphatic rings. The Morgan fingerprint density at radius 1 is 1.60 bits per heavy atom. The number of hydrogen-bond donors (Lipinski definition) is 2. The van der Waals surface area contributed by atoms with Crippen LogP contribution in [0.25, 0.3) is 0 Å². The van der Waals surface area contributed by atoms with Crippen LogP contribution in [0, 0.1) is 0 Å². The summed E-state index contributed by atoms with van der Waals surface area (Å²) in [6.45, 7) is 2.12. The van der Waals surface area contributed by atoms with E-state index in [2.05, 4.69) is 14.9 Å². The third kappa shape index (κ3) is 3.88. The highest BCUT2D eigenvalue weighted by molar-refractivity contribution is 7.92. The van der Waals surface area contributed by atoms with Gasteiger partial charge < -0.3 is 4.74 Å². The summed E-state index contributed by atoms with van der Waals surface area (Å²) < 4.78 is 29.9. The van der Waals surface area contributed by atoms with Crippen LogP contribution in [-0.4, -0.2) is 38.1 Å². The van der Waals surface area contributed by atoms with Crippen molar-refractivity contribution in [1.82, 2.24) is 10.2 Å². The maximum atomic E-state index is 11.4. The molecule has 0 spiro atoms. The van der Waals surface area contributed by atoms with Gasteiger partial charge >= 0.3 is 0 Å². The van der Waals surface area contributed by atoms with Crippen LogP contribution in [0.5, 0.6) is 0 Å². The maximum absolute atomic E-state index is 11.4. The summed E-state index contributed by atoms with van der Waals surface area (Å²) in [5.74, 6) is 0.251. The van der Waals surface area contributed by atoms with Gasteiger partial charge in [-0.25, -0.2) is 8.42 Å². The van der Waals surface area contributed by atoms with E-state index in [4.69, 9.17) is 4.74 Å². The van der Waals surface area contributed by atoms with Gasteiger partial charge in [-0.05, 0) is 6.42 Å². The average molecular weight is 233 g/mol. The van der Waals surface area contributed by atoms with Crippen LogP contribution in [0.3, 0.4) is 0 Å². The smallest absolute Gasteiger partial charge is 0.236 e. The summed E-state index contributed by atoms with van der Waals surface area (Å²) in [6, 6.07) is 1.67. The quantitative estimate of drug-likeness (QED) is 0.743. The molecule has 0 unspecified atom stereocenters. The number of H-pyrrole nitrogens is 1. The molecule has 6 nitrogen and oxygen atoms in total. The Morgan fingerprint density at radius 2 is 2.33 bits per heavy atom. The molecular formula is C8H15N3O3S. The fourth-order valence-corrected chi connectivity index (χ4v) is 1.91. The highest BCUT2D eigenvalue weighted by Gasteiger charge is 2.11. The molecule has 0 aliphatic carbocycles. The normalized spacial score (nSPS) is 11.6. The first-order valence-corrected chi connectivity index (χ1v) is 6.26. The highest BCUT2D eigenvalue weighted by Crippen LogP contribution is 2.07. The summed E-state index contributed by atoms with van der Waals surface area (Å²) in [6.07, 6.45) is 0.785. The number of methoxy groups -OCH3 is 1. The van der Waals surface area contributed by atoms with Crippen molar-refractivity contribution in [2.24, 2.45) is 0 Å². The van der Waals surface area contributed by atoms with Gasteiger partial charge in [0, 0.05) is 18.9 Å². The number of nitrogens with one attached hydrogen (secondary N) is 2. The fraction of sp³-hybridized carbons (Fsp3) is 0.625. The van der Waals surface area contributed by atoms with Crippen molar-refractivity contribution in [3.8, 4) is 0 Å². The van der Waals surface area contributed by atoms with E-state index in [1.165, 1.54) is 7.11 Å². The van der Waals surface area contributed by atoms with Crippen molar-refractivity contribution in [3.63, 3.8) is 0 Å². The molecule has 7 heteroatoms. The van der Waals surface area contributed by atoms with Gasteiger partial charge in [0.1, 0.15) is 0 Å². The molecule has 0 radical (unpaired) electrons. The monoisotopic (exact) mass is 233 g/mol. The predicted octanol–water partition coefficient (Wildman–Crippen LogP) is 0.360. The lowest BCUT2D eigenvalue weighted by atomic mass is 10.3. The van der Waals surface area contributed by atoms with Crippen LogP contribution in [0.2, 0.25) is 0 Å². The maximum Gasteiger partial charge on any atom is 0.236 e. The molecule has 0 fully saturated rings. The molecule has 0 bridgehead atoms. The number of aromatic nitrogens is 2. The second-order valence-electron chi connectivity index (χ2n) is 3.05. The van der Waals surface area contributed by atoms with Gasteiger partial charge in [0.25, 0.3) is 0 Å². The molecule has 1 aromatic rings. The number of aromatic amines is 1. The van der Waals surface area contributed by atoms with Crippen LogP contribution < -0.4 is 4.72 Å². The zero-order valence-corrected chi connectivity index (χ0v) is 9.60. The minimum absolute atomic E-state index is 0.0716. The van der Waals surface area contributed by atoms with Gasteiger partial charge in [0.15, 0.2) is 5.82 Å². The van der Waals surface area contributed by atoms with Crippen molar-refractivity contribution in [2.75, 3.05) is 24.2 Å². The molecule has 0 aliphatic heterocycles. The third-order valence-electron chi connectivity index (χ3n) is 1.83. The molecule has 0 atom stereocenters. The Bertz CT molecular complexity index is 399. The second-order valence-corrected chi connectivity index (χ2v) is 4.89. The second kappa shape index (κ2) is 5.13.